The van der Waals surface area contributed by atoms with Crippen LogP contribution in [0.5, 0.6) is 0 Å². The first-order valence-electron chi connectivity index (χ1n) is 4.12. The molecule has 72 valence electrons. The average molecular weight is 189 g/mol. The van der Waals surface area contributed by atoms with Gasteiger partial charge in [-0.25, -0.2) is 4.79 Å². The fourth-order valence-corrected chi connectivity index (χ4v) is 0.897. The van der Waals surface area contributed by atoms with Crippen molar-refractivity contribution in [1.82, 2.24) is 0 Å². The molecule has 0 aliphatic rings. The third-order valence-electron chi connectivity index (χ3n) is 1.65. The van der Waals surface area contributed by atoms with Gasteiger partial charge in [0.2, 0.25) is 0 Å². The van der Waals surface area contributed by atoms with Crippen LogP contribution in [0.1, 0.15) is 0 Å². The second-order valence-electron chi connectivity index (χ2n) is 2.62. The minimum Gasteiger partial charge on any atom is -0.459 e. The van der Waals surface area contributed by atoms with Crippen molar-refractivity contribution in [2.75, 3.05) is 19.1 Å². The molecule has 3 heteroatoms. The Morgan fingerprint density at radius 2 is 2.00 bits per heavy atom. The van der Waals surface area contributed by atoms with Gasteiger partial charge in [-0.15, -0.1) is 0 Å². The van der Waals surface area contributed by atoms with Crippen molar-refractivity contribution in [1.29, 1.82) is 0 Å². The monoisotopic (exact) mass is 189 g/mol. The summed E-state index contributed by atoms with van der Waals surface area (Å²) in [7, 11) is 3.09. The summed E-state index contributed by atoms with van der Waals surface area (Å²) in [6, 6.07) is 12.2. The van der Waals surface area contributed by atoms with Gasteiger partial charge in [-0.1, -0.05) is 18.2 Å². The smallest absolute Gasteiger partial charge is 0.385 e. The molecule has 0 radical (unpaired) electrons. The fourth-order valence-electron chi connectivity index (χ4n) is 0.897. The van der Waals surface area contributed by atoms with Gasteiger partial charge in [-0.3, -0.25) is 0 Å². The molecule has 0 saturated carbocycles. The molecule has 0 spiro atoms. The van der Waals surface area contributed by atoms with Crippen LogP contribution in [0.25, 0.3) is 0 Å². The van der Waals surface area contributed by atoms with E-state index in [1.807, 2.05) is 30.3 Å². The summed E-state index contributed by atoms with van der Waals surface area (Å²) in [4.78, 5) is 12.4. The fraction of sp³-hybridized carbons (Fsp3) is 0.182. The Labute approximate surface area is 83.3 Å². The van der Waals surface area contributed by atoms with Crippen molar-refractivity contribution >= 4 is 11.7 Å². The molecule has 0 aliphatic carbocycles. The van der Waals surface area contributed by atoms with Crippen LogP contribution in [0.2, 0.25) is 0 Å². The van der Waals surface area contributed by atoms with Gasteiger partial charge in [-0.2, -0.15) is 0 Å². The standard InChI is InChI=1S/C11H11NO2/c1-12(9-8-11(13)14-2)10-6-4-3-5-7-10/h3-7H,1-2H3. The van der Waals surface area contributed by atoms with E-state index in [0.29, 0.717) is 0 Å². The third kappa shape index (κ3) is 2.83. The Kier molecular flexibility index (Phi) is 3.57. The number of methoxy groups -OCH3 is 1. The Hall–Kier alpha value is -1.95. The Morgan fingerprint density at radius 3 is 2.57 bits per heavy atom. The van der Waals surface area contributed by atoms with Crippen LogP contribution in [0, 0.1) is 12.0 Å². The molecule has 0 saturated heterocycles. The number of benzene rings is 1. The minimum absolute atomic E-state index is 0.534. The highest BCUT2D eigenvalue weighted by Gasteiger charge is 1.95. The lowest BCUT2D eigenvalue weighted by atomic mass is 10.3. The number of hydrogen-bond acceptors (Lipinski definition) is 3. The predicted molar refractivity (Wildman–Crippen MR) is 54.6 cm³/mol. The number of esters is 1. The number of nitrogens with zero attached hydrogens (tertiary/aromatic N) is 1. The summed E-state index contributed by atoms with van der Waals surface area (Å²) >= 11 is 0. The molecule has 0 fully saturated rings. The lowest BCUT2D eigenvalue weighted by Gasteiger charge is -2.09. The number of para-hydroxylation sites is 1. The molecule has 14 heavy (non-hydrogen) atoms. The molecule has 0 heterocycles. The zero-order chi connectivity index (χ0) is 10.4. The van der Waals surface area contributed by atoms with E-state index in [1.54, 1.807) is 11.9 Å². The summed E-state index contributed by atoms with van der Waals surface area (Å²) < 4.78 is 4.40. The molecule has 0 amide bonds. The molecule has 3 nitrogen and oxygen atoms in total. The summed E-state index contributed by atoms with van der Waals surface area (Å²) in [6.45, 7) is 0. The lowest BCUT2D eigenvalue weighted by molar-refractivity contribution is -0.133. The average Bonchev–Trinajstić information content (AvgIpc) is 2.26. The maximum atomic E-state index is 10.7. The van der Waals surface area contributed by atoms with Crippen LogP contribution in [0.15, 0.2) is 30.3 Å². The van der Waals surface area contributed by atoms with Gasteiger partial charge in [0.05, 0.1) is 7.11 Å². The molecule has 1 aromatic carbocycles. The quantitative estimate of drug-likeness (QED) is 0.378. The second kappa shape index (κ2) is 4.93. The minimum atomic E-state index is -0.534. The van der Waals surface area contributed by atoms with Crippen molar-refractivity contribution in [3.05, 3.63) is 30.3 Å². The Morgan fingerprint density at radius 1 is 1.36 bits per heavy atom. The Balaban J connectivity index is 2.71. The zero-order valence-electron chi connectivity index (χ0n) is 8.15. The van der Waals surface area contributed by atoms with Crippen LogP contribution in [0.3, 0.4) is 0 Å². The SMILES string of the molecule is COC(=O)C#CN(C)c1ccccc1. The third-order valence-corrected chi connectivity index (χ3v) is 1.65. The number of carbonyl (C=O) groups excluding carboxylic acids is 1. The van der Waals surface area contributed by atoms with Crippen molar-refractivity contribution < 1.29 is 9.53 Å². The van der Waals surface area contributed by atoms with E-state index in [1.165, 1.54) is 7.11 Å². The number of ether oxygens (including phenoxy) is 1. The van der Waals surface area contributed by atoms with Crippen LogP contribution in [-0.2, 0) is 9.53 Å². The van der Waals surface area contributed by atoms with E-state index in [-0.39, 0.29) is 0 Å². The molecule has 1 rings (SSSR count). The first-order valence-corrected chi connectivity index (χ1v) is 4.12. The van der Waals surface area contributed by atoms with E-state index in [9.17, 15) is 4.79 Å². The molecular weight excluding hydrogens is 178 g/mol. The summed E-state index contributed by atoms with van der Waals surface area (Å²) in [5.41, 5.74) is 0.934. The zero-order valence-corrected chi connectivity index (χ0v) is 8.15. The predicted octanol–water partition coefficient (Wildman–Crippen LogP) is 1.26. The lowest BCUT2D eigenvalue weighted by Crippen LogP contribution is -2.09. The van der Waals surface area contributed by atoms with Crippen molar-refractivity contribution in [3.8, 4) is 12.0 Å². The second-order valence-corrected chi connectivity index (χ2v) is 2.62. The molecule has 0 N–H and O–H groups in total. The van der Waals surface area contributed by atoms with Crippen LogP contribution < -0.4 is 4.90 Å². The highest BCUT2D eigenvalue weighted by Crippen LogP contribution is 2.08. The number of anilines is 1. The molecule has 0 bridgehead atoms. The van der Waals surface area contributed by atoms with Crippen LogP contribution in [0.4, 0.5) is 5.69 Å². The molecule has 1 aromatic rings. The van der Waals surface area contributed by atoms with Crippen molar-refractivity contribution in [2.24, 2.45) is 0 Å². The maximum absolute atomic E-state index is 10.7. The summed E-state index contributed by atoms with van der Waals surface area (Å²) in [5, 5.41) is 0. The van der Waals surface area contributed by atoms with Gasteiger partial charge in [0.25, 0.3) is 0 Å². The van der Waals surface area contributed by atoms with Gasteiger partial charge in [0, 0.05) is 24.7 Å². The maximum Gasteiger partial charge on any atom is 0.385 e. The first kappa shape index (κ1) is 10.1. The van der Waals surface area contributed by atoms with Crippen LogP contribution >= 0.6 is 0 Å². The van der Waals surface area contributed by atoms with E-state index < -0.39 is 5.97 Å². The van der Waals surface area contributed by atoms with E-state index in [2.05, 4.69) is 16.7 Å². The number of rotatable bonds is 1. The highest BCUT2D eigenvalue weighted by atomic mass is 16.5. The molecule has 0 aliphatic heterocycles. The summed E-state index contributed by atoms with van der Waals surface area (Å²) in [5.74, 6) is 1.81. The highest BCUT2D eigenvalue weighted by molar-refractivity contribution is 5.88. The van der Waals surface area contributed by atoms with Crippen molar-refractivity contribution in [3.63, 3.8) is 0 Å². The van der Waals surface area contributed by atoms with Gasteiger partial charge in [-0.05, 0) is 12.1 Å². The van der Waals surface area contributed by atoms with Gasteiger partial charge < -0.3 is 9.64 Å². The normalized spacial score (nSPS) is 8.43. The van der Waals surface area contributed by atoms with Gasteiger partial charge in [0.15, 0.2) is 0 Å². The van der Waals surface area contributed by atoms with Crippen LogP contribution in [-0.4, -0.2) is 20.1 Å². The summed E-state index contributed by atoms with van der Waals surface area (Å²) in [6.07, 6.45) is 0. The molecule has 0 unspecified atom stereocenters. The topological polar surface area (TPSA) is 29.5 Å². The van der Waals surface area contributed by atoms with Gasteiger partial charge >= 0.3 is 5.97 Å². The number of carbonyl (C=O) groups is 1. The van der Waals surface area contributed by atoms with E-state index in [4.69, 9.17) is 0 Å². The van der Waals surface area contributed by atoms with E-state index in [0.717, 1.165) is 5.69 Å². The van der Waals surface area contributed by atoms with Crippen molar-refractivity contribution in [2.45, 2.75) is 0 Å². The van der Waals surface area contributed by atoms with E-state index >= 15 is 0 Å². The molecule has 0 atom stereocenters. The molecular formula is C11H11NO2. The molecule has 0 aromatic heterocycles. The largest absolute Gasteiger partial charge is 0.459 e. The van der Waals surface area contributed by atoms with Gasteiger partial charge in [0.1, 0.15) is 0 Å². The first-order chi connectivity index (χ1) is 6.74. The Bertz CT molecular complexity index is 362. The number of hydrogen-bond donors (Lipinski definition) is 0.